The lowest BCUT2D eigenvalue weighted by atomic mass is 10.0. The molecule has 4 heteroatoms. The van der Waals surface area contributed by atoms with Crippen molar-refractivity contribution in [1.29, 1.82) is 5.26 Å². The highest BCUT2D eigenvalue weighted by Crippen LogP contribution is 2.34. The first kappa shape index (κ1) is 14.7. The van der Waals surface area contributed by atoms with Gasteiger partial charge in [-0.15, -0.1) is 0 Å². The van der Waals surface area contributed by atoms with Gasteiger partial charge in [0.1, 0.15) is 19.3 Å². The second kappa shape index (κ2) is 7.16. The maximum atomic E-state index is 9.52. The van der Waals surface area contributed by atoms with E-state index in [1.54, 1.807) is 0 Å². The number of unbranched alkanes of at least 4 members (excludes halogenated alkanes) is 1. The molecule has 0 saturated heterocycles. The largest absolute Gasteiger partial charge is 0.486 e. The predicted octanol–water partition coefficient (Wildman–Crippen LogP) is 3.14. The van der Waals surface area contributed by atoms with Crippen LogP contribution >= 0.6 is 0 Å². The number of hydrogen-bond donors (Lipinski definition) is 0. The smallest absolute Gasteiger partial charge is 0.161 e. The average molecular weight is 274 g/mol. The molecule has 20 heavy (non-hydrogen) atoms. The van der Waals surface area contributed by atoms with Crippen molar-refractivity contribution in [2.24, 2.45) is 0 Å². The third-order valence-corrected chi connectivity index (χ3v) is 3.57. The first-order valence-electron chi connectivity index (χ1n) is 7.33. The Bertz CT molecular complexity index is 482. The van der Waals surface area contributed by atoms with Crippen LogP contribution in [0.4, 0.5) is 0 Å². The molecule has 1 aromatic rings. The molecule has 0 spiro atoms. The highest BCUT2D eigenvalue weighted by Gasteiger charge is 2.21. The Morgan fingerprint density at radius 3 is 2.65 bits per heavy atom. The summed E-state index contributed by atoms with van der Waals surface area (Å²) in [7, 11) is 0. The van der Waals surface area contributed by atoms with Crippen molar-refractivity contribution in [3.8, 4) is 17.6 Å². The number of hydrogen-bond acceptors (Lipinski definition) is 4. The van der Waals surface area contributed by atoms with E-state index in [0.29, 0.717) is 13.2 Å². The summed E-state index contributed by atoms with van der Waals surface area (Å²) < 4.78 is 11.1. The van der Waals surface area contributed by atoms with Crippen LogP contribution in [-0.2, 0) is 0 Å². The number of nitriles is 1. The van der Waals surface area contributed by atoms with Gasteiger partial charge in [-0.1, -0.05) is 26.3 Å². The Kier molecular flexibility index (Phi) is 5.25. The van der Waals surface area contributed by atoms with Gasteiger partial charge in [0, 0.05) is 0 Å². The van der Waals surface area contributed by atoms with Gasteiger partial charge < -0.3 is 9.47 Å². The molecule has 1 unspecified atom stereocenters. The molecule has 0 fully saturated rings. The lowest BCUT2D eigenvalue weighted by Gasteiger charge is -2.27. The van der Waals surface area contributed by atoms with Gasteiger partial charge in [0.15, 0.2) is 11.5 Å². The van der Waals surface area contributed by atoms with Crippen LogP contribution < -0.4 is 9.47 Å². The summed E-state index contributed by atoms with van der Waals surface area (Å²) in [5.74, 6) is 1.52. The minimum absolute atomic E-state index is 0.220. The van der Waals surface area contributed by atoms with Gasteiger partial charge in [0.2, 0.25) is 0 Å². The quantitative estimate of drug-likeness (QED) is 0.799. The van der Waals surface area contributed by atoms with Crippen molar-refractivity contribution >= 4 is 0 Å². The Morgan fingerprint density at radius 1 is 1.25 bits per heavy atom. The van der Waals surface area contributed by atoms with Gasteiger partial charge in [-0.3, -0.25) is 4.90 Å². The van der Waals surface area contributed by atoms with Crippen LogP contribution in [0.15, 0.2) is 18.2 Å². The van der Waals surface area contributed by atoms with Gasteiger partial charge >= 0.3 is 0 Å². The Morgan fingerprint density at radius 2 is 2.00 bits per heavy atom. The molecule has 0 aliphatic carbocycles. The second-order valence-electron chi connectivity index (χ2n) is 4.92. The van der Waals surface area contributed by atoms with E-state index in [-0.39, 0.29) is 6.04 Å². The summed E-state index contributed by atoms with van der Waals surface area (Å²) >= 11 is 0. The molecule has 4 nitrogen and oxygen atoms in total. The first-order valence-corrected chi connectivity index (χ1v) is 7.33. The highest BCUT2D eigenvalue weighted by molar-refractivity contribution is 5.45. The van der Waals surface area contributed by atoms with Crippen molar-refractivity contribution < 1.29 is 9.47 Å². The Labute approximate surface area is 120 Å². The molecule has 1 atom stereocenters. The normalized spacial score (nSPS) is 14.9. The molecule has 0 saturated carbocycles. The van der Waals surface area contributed by atoms with Crippen LogP contribution in [0.25, 0.3) is 0 Å². The fourth-order valence-electron chi connectivity index (χ4n) is 2.43. The van der Waals surface area contributed by atoms with Gasteiger partial charge in [-0.25, -0.2) is 0 Å². The third-order valence-electron chi connectivity index (χ3n) is 3.57. The molecule has 1 aromatic carbocycles. The number of rotatable bonds is 6. The van der Waals surface area contributed by atoms with E-state index in [0.717, 1.165) is 43.0 Å². The molecule has 0 radical (unpaired) electrons. The average Bonchev–Trinajstić information content (AvgIpc) is 2.51. The zero-order valence-electron chi connectivity index (χ0n) is 12.3. The molecule has 0 aromatic heterocycles. The minimum Gasteiger partial charge on any atom is -0.486 e. The molecule has 0 N–H and O–H groups in total. The monoisotopic (exact) mass is 274 g/mol. The van der Waals surface area contributed by atoms with Crippen LogP contribution in [0, 0.1) is 11.3 Å². The lowest BCUT2D eigenvalue weighted by Crippen LogP contribution is -2.29. The second-order valence-corrected chi connectivity index (χ2v) is 4.92. The first-order chi connectivity index (χ1) is 9.80. The van der Waals surface area contributed by atoms with Crippen molar-refractivity contribution in [2.45, 2.75) is 32.7 Å². The van der Waals surface area contributed by atoms with Gasteiger partial charge in [0.25, 0.3) is 0 Å². The molecule has 108 valence electrons. The van der Waals surface area contributed by atoms with Gasteiger partial charge in [0.05, 0.1) is 6.07 Å². The number of ether oxygens (including phenoxy) is 2. The topological polar surface area (TPSA) is 45.5 Å². The zero-order chi connectivity index (χ0) is 14.4. The zero-order valence-corrected chi connectivity index (χ0v) is 12.3. The van der Waals surface area contributed by atoms with Crippen molar-refractivity contribution in [3.05, 3.63) is 23.8 Å². The molecular formula is C16H22N2O2. The van der Waals surface area contributed by atoms with Crippen LogP contribution in [-0.4, -0.2) is 31.2 Å². The number of benzene rings is 1. The van der Waals surface area contributed by atoms with E-state index < -0.39 is 0 Å². The molecule has 1 heterocycles. The van der Waals surface area contributed by atoms with Crippen molar-refractivity contribution in [3.63, 3.8) is 0 Å². The molecule has 2 rings (SSSR count). The number of nitrogens with zero attached hydrogens (tertiary/aromatic N) is 2. The molecule has 1 aliphatic rings. The van der Waals surface area contributed by atoms with E-state index in [1.807, 2.05) is 18.2 Å². The van der Waals surface area contributed by atoms with E-state index in [9.17, 15) is 5.26 Å². The SMILES string of the molecule is CCCCN(CC)C(C#N)c1ccc2c(c1)OCCO2. The molecule has 0 bridgehead atoms. The maximum absolute atomic E-state index is 9.52. The maximum Gasteiger partial charge on any atom is 0.161 e. The van der Waals surface area contributed by atoms with Gasteiger partial charge in [-0.2, -0.15) is 5.26 Å². The number of fused-ring (bicyclic) bond motifs is 1. The van der Waals surface area contributed by atoms with Crippen molar-refractivity contribution in [1.82, 2.24) is 4.90 Å². The van der Waals surface area contributed by atoms with E-state index >= 15 is 0 Å². The summed E-state index contributed by atoms with van der Waals surface area (Å²) in [5, 5.41) is 9.52. The van der Waals surface area contributed by atoms with E-state index in [1.165, 1.54) is 0 Å². The van der Waals surface area contributed by atoms with E-state index in [4.69, 9.17) is 9.47 Å². The summed E-state index contributed by atoms with van der Waals surface area (Å²) in [5.41, 5.74) is 0.981. The summed E-state index contributed by atoms with van der Waals surface area (Å²) in [6.45, 7) is 7.23. The highest BCUT2D eigenvalue weighted by atomic mass is 16.6. The third kappa shape index (κ3) is 3.23. The standard InChI is InChI=1S/C16H22N2O2/c1-3-5-8-18(4-2)14(12-17)13-6-7-15-16(11-13)20-10-9-19-15/h6-7,11,14H,3-5,8-10H2,1-2H3. The molecule has 0 amide bonds. The summed E-state index contributed by atoms with van der Waals surface area (Å²) in [4.78, 5) is 2.20. The Hall–Kier alpha value is -1.73. The lowest BCUT2D eigenvalue weighted by molar-refractivity contribution is 0.170. The van der Waals surface area contributed by atoms with E-state index in [2.05, 4.69) is 24.8 Å². The van der Waals surface area contributed by atoms with Crippen LogP contribution in [0.2, 0.25) is 0 Å². The molecule has 1 aliphatic heterocycles. The fourth-order valence-corrected chi connectivity index (χ4v) is 2.43. The van der Waals surface area contributed by atoms with Crippen LogP contribution in [0.1, 0.15) is 38.3 Å². The summed E-state index contributed by atoms with van der Waals surface area (Å²) in [6.07, 6.45) is 2.24. The molecular weight excluding hydrogens is 252 g/mol. The summed E-state index contributed by atoms with van der Waals surface area (Å²) in [6, 6.07) is 8.01. The predicted molar refractivity (Wildman–Crippen MR) is 77.9 cm³/mol. The fraction of sp³-hybridized carbons (Fsp3) is 0.562. The van der Waals surface area contributed by atoms with Crippen LogP contribution in [0.5, 0.6) is 11.5 Å². The van der Waals surface area contributed by atoms with Crippen molar-refractivity contribution in [2.75, 3.05) is 26.3 Å². The van der Waals surface area contributed by atoms with Gasteiger partial charge in [-0.05, 0) is 37.2 Å². The Balaban J connectivity index is 2.20. The minimum atomic E-state index is -0.220. The van der Waals surface area contributed by atoms with Crippen LogP contribution in [0.3, 0.4) is 0 Å².